The summed E-state index contributed by atoms with van der Waals surface area (Å²) in [5.41, 5.74) is 0. The van der Waals surface area contributed by atoms with E-state index in [1.165, 1.54) is 12.8 Å². The molecule has 3 unspecified atom stereocenters. The maximum Gasteiger partial charge on any atom is 0.234 e. The highest BCUT2D eigenvalue weighted by molar-refractivity contribution is 5.78. The number of hydrogen-bond acceptors (Lipinski definition) is 2. The van der Waals surface area contributed by atoms with Gasteiger partial charge in [0, 0.05) is 6.04 Å². The number of carbonyl (C=O) groups excluding carboxylic acids is 1. The van der Waals surface area contributed by atoms with E-state index in [1.54, 1.807) is 0 Å². The average molecular weight is 222 g/mol. The minimum absolute atomic E-state index is 0.0567. The number of carbonyl (C=O) groups is 1. The Morgan fingerprint density at radius 3 is 2.88 bits per heavy atom. The van der Waals surface area contributed by atoms with Gasteiger partial charge in [0.1, 0.15) is 0 Å². The van der Waals surface area contributed by atoms with Crippen LogP contribution in [0.1, 0.15) is 33.1 Å². The molecule has 0 aromatic rings. The quantitative estimate of drug-likeness (QED) is 0.553. The lowest BCUT2D eigenvalue weighted by Gasteiger charge is -2.34. The van der Waals surface area contributed by atoms with Crippen LogP contribution in [0.4, 0.5) is 0 Å². The molecular formula is C13H22N2O. The zero-order valence-electron chi connectivity index (χ0n) is 10.3. The van der Waals surface area contributed by atoms with Gasteiger partial charge in [0.15, 0.2) is 0 Å². The summed E-state index contributed by atoms with van der Waals surface area (Å²) in [5, 5.41) is 5.99. The van der Waals surface area contributed by atoms with Gasteiger partial charge in [0.2, 0.25) is 5.91 Å². The van der Waals surface area contributed by atoms with Crippen molar-refractivity contribution in [3.05, 3.63) is 0 Å². The van der Waals surface area contributed by atoms with Crippen LogP contribution in [0.3, 0.4) is 0 Å². The molecule has 2 N–H and O–H groups in total. The molecule has 0 aromatic carbocycles. The zero-order valence-corrected chi connectivity index (χ0v) is 10.3. The van der Waals surface area contributed by atoms with Crippen molar-refractivity contribution in [1.82, 2.24) is 10.6 Å². The van der Waals surface area contributed by atoms with E-state index in [0.29, 0.717) is 31.0 Å². The van der Waals surface area contributed by atoms with Crippen LogP contribution in [0, 0.1) is 24.2 Å². The first kappa shape index (κ1) is 13.1. The largest absolute Gasteiger partial charge is 0.352 e. The van der Waals surface area contributed by atoms with Gasteiger partial charge in [-0.3, -0.25) is 10.1 Å². The molecule has 0 radical (unpaired) electrons. The SMILES string of the molecule is C#CCNCC(=O)NC1CCCC(C)C1C. The third kappa shape index (κ3) is 3.86. The van der Waals surface area contributed by atoms with E-state index in [-0.39, 0.29) is 5.91 Å². The fourth-order valence-corrected chi connectivity index (χ4v) is 2.29. The second-order valence-corrected chi connectivity index (χ2v) is 4.75. The Morgan fingerprint density at radius 1 is 1.44 bits per heavy atom. The molecule has 3 nitrogen and oxygen atoms in total. The van der Waals surface area contributed by atoms with Crippen molar-refractivity contribution in [3.63, 3.8) is 0 Å². The number of nitrogens with one attached hydrogen (secondary N) is 2. The maximum atomic E-state index is 11.6. The highest BCUT2D eigenvalue weighted by atomic mass is 16.1. The average Bonchev–Trinajstić information content (AvgIpc) is 2.25. The highest BCUT2D eigenvalue weighted by Gasteiger charge is 2.27. The smallest absolute Gasteiger partial charge is 0.234 e. The normalized spacial score (nSPS) is 29.4. The molecule has 0 saturated heterocycles. The van der Waals surface area contributed by atoms with E-state index < -0.39 is 0 Å². The van der Waals surface area contributed by atoms with E-state index in [2.05, 4.69) is 30.4 Å². The van der Waals surface area contributed by atoms with Crippen molar-refractivity contribution in [3.8, 4) is 12.3 Å². The molecule has 0 bridgehead atoms. The maximum absolute atomic E-state index is 11.6. The first-order valence-electron chi connectivity index (χ1n) is 6.08. The second kappa shape index (κ2) is 6.55. The third-order valence-corrected chi connectivity index (χ3v) is 3.57. The summed E-state index contributed by atoms with van der Waals surface area (Å²) in [6, 6.07) is 0.337. The van der Waals surface area contributed by atoms with Crippen molar-refractivity contribution in [2.24, 2.45) is 11.8 Å². The highest BCUT2D eigenvalue weighted by Crippen LogP contribution is 2.29. The minimum atomic E-state index is 0.0567. The Kier molecular flexibility index (Phi) is 5.34. The van der Waals surface area contributed by atoms with Crippen LogP contribution in [-0.2, 0) is 4.79 Å². The van der Waals surface area contributed by atoms with Gasteiger partial charge in [-0.05, 0) is 18.3 Å². The molecule has 1 amide bonds. The molecule has 1 aliphatic carbocycles. The Labute approximate surface area is 98.4 Å². The monoisotopic (exact) mass is 222 g/mol. The lowest BCUT2D eigenvalue weighted by Crippen LogP contribution is -2.46. The van der Waals surface area contributed by atoms with Crippen molar-refractivity contribution < 1.29 is 4.79 Å². The van der Waals surface area contributed by atoms with E-state index >= 15 is 0 Å². The van der Waals surface area contributed by atoms with E-state index in [4.69, 9.17) is 6.42 Å². The van der Waals surface area contributed by atoms with Gasteiger partial charge < -0.3 is 5.32 Å². The van der Waals surface area contributed by atoms with Crippen molar-refractivity contribution in [1.29, 1.82) is 0 Å². The summed E-state index contributed by atoms with van der Waals surface area (Å²) in [5.74, 6) is 3.79. The summed E-state index contributed by atoms with van der Waals surface area (Å²) in [7, 11) is 0. The number of hydrogen-bond donors (Lipinski definition) is 2. The zero-order chi connectivity index (χ0) is 12.0. The van der Waals surface area contributed by atoms with Gasteiger partial charge in [0.25, 0.3) is 0 Å². The fourth-order valence-electron chi connectivity index (χ4n) is 2.29. The first-order chi connectivity index (χ1) is 7.65. The molecule has 3 heteroatoms. The van der Waals surface area contributed by atoms with Gasteiger partial charge >= 0.3 is 0 Å². The predicted octanol–water partition coefficient (Wildman–Crippen LogP) is 1.15. The summed E-state index contributed by atoms with van der Waals surface area (Å²) >= 11 is 0. The van der Waals surface area contributed by atoms with E-state index in [1.807, 2.05) is 0 Å². The van der Waals surface area contributed by atoms with Crippen LogP contribution in [-0.4, -0.2) is 25.0 Å². The van der Waals surface area contributed by atoms with Crippen molar-refractivity contribution in [2.75, 3.05) is 13.1 Å². The Bertz CT molecular complexity index is 270. The molecule has 3 atom stereocenters. The topological polar surface area (TPSA) is 41.1 Å². The summed E-state index contributed by atoms with van der Waals surface area (Å²) in [6.07, 6.45) is 8.70. The Morgan fingerprint density at radius 2 is 2.19 bits per heavy atom. The van der Waals surface area contributed by atoms with E-state index in [0.717, 1.165) is 6.42 Å². The standard InChI is InChI=1S/C13H22N2O/c1-4-8-14-9-13(16)15-12-7-5-6-10(2)11(12)3/h1,10-12,14H,5-9H2,2-3H3,(H,15,16). The summed E-state index contributed by atoms with van der Waals surface area (Å²) in [4.78, 5) is 11.6. The minimum Gasteiger partial charge on any atom is -0.352 e. The van der Waals surface area contributed by atoms with Crippen LogP contribution < -0.4 is 10.6 Å². The van der Waals surface area contributed by atoms with E-state index in [9.17, 15) is 4.79 Å². The van der Waals surface area contributed by atoms with Crippen LogP contribution in [0.2, 0.25) is 0 Å². The Balaban J connectivity index is 2.30. The molecule has 0 spiro atoms. The summed E-state index contributed by atoms with van der Waals surface area (Å²) < 4.78 is 0. The van der Waals surface area contributed by atoms with Crippen molar-refractivity contribution in [2.45, 2.75) is 39.2 Å². The number of amides is 1. The molecule has 0 aliphatic heterocycles. The molecule has 1 saturated carbocycles. The molecular weight excluding hydrogens is 200 g/mol. The molecule has 1 fully saturated rings. The second-order valence-electron chi connectivity index (χ2n) is 4.75. The number of terminal acetylenes is 1. The fraction of sp³-hybridized carbons (Fsp3) is 0.769. The van der Waals surface area contributed by atoms with Gasteiger partial charge in [0.05, 0.1) is 13.1 Å². The molecule has 0 heterocycles. The molecule has 90 valence electrons. The van der Waals surface area contributed by atoms with Crippen LogP contribution in [0.15, 0.2) is 0 Å². The third-order valence-electron chi connectivity index (χ3n) is 3.57. The number of rotatable bonds is 4. The van der Waals surface area contributed by atoms with Crippen LogP contribution in [0.25, 0.3) is 0 Å². The molecule has 1 rings (SSSR count). The molecule has 0 aromatic heterocycles. The van der Waals surface area contributed by atoms with Crippen LogP contribution >= 0.6 is 0 Å². The summed E-state index contributed by atoms with van der Waals surface area (Å²) in [6.45, 7) is 5.26. The molecule has 1 aliphatic rings. The molecule has 16 heavy (non-hydrogen) atoms. The van der Waals surface area contributed by atoms with Gasteiger partial charge in [-0.2, -0.15) is 0 Å². The van der Waals surface area contributed by atoms with Crippen molar-refractivity contribution >= 4 is 5.91 Å². The van der Waals surface area contributed by atoms with Crippen LogP contribution in [0.5, 0.6) is 0 Å². The lowest BCUT2D eigenvalue weighted by molar-refractivity contribution is -0.121. The first-order valence-corrected chi connectivity index (χ1v) is 6.08. The Hall–Kier alpha value is -1.01. The lowest BCUT2D eigenvalue weighted by atomic mass is 9.78. The van der Waals surface area contributed by atoms with Gasteiger partial charge in [-0.15, -0.1) is 6.42 Å². The van der Waals surface area contributed by atoms with Gasteiger partial charge in [-0.1, -0.05) is 32.6 Å². The van der Waals surface area contributed by atoms with Gasteiger partial charge in [-0.25, -0.2) is 0 Å². The predicted molar refractivity (Wildman–Crippen MR) is 65.8 cm³/mol.